The summed E-state index contributed by atoms with van der Waals surface area (Å²) in [6, 6.07) is 0. The minimum Gasteiger partial charge on any atom is -0.386 e. The quantitative estimate of drug-likeness (QED) is 0.0298. The van der Waals surface area contributed by atoms with E-state index < -0.39 is 89.7 Å². The van der Waals surface area contributed by atoms with Crippen LogP contribution in [-0.2, 0) is 55.5 Å². The van der Waals surface area contributed by atoms with Crippen molar-refractivity contribution in [2.45, 2.75) is 50.9 Å². The van der Waals surface area contributed by atoms with Crippen molar-refractivity contribution in [3.05, 3.63) is 12.7 Å². The molecule has 3 rings (SSSR count). The number of rotatable bonds is 20. The van der Waals surface area contributed by atoms with Crippen LogP contribution in [0.3, 0.4) is 0 Å². The average molecular weight is 824 g/mol. The molecular weight excluding hydrogens is 787 g/mol. The summed E-state index contributed by atoms with van der Waals surface area (Å²) in [6.07, 6.45) is -6.90. The zero-order valence-corrected chi connectivity index (χ0v) is 30.6. The van der Waals surface area contributed by atoms with Crippen LogP contribution in [0.5, 0.6) is 0 Å². The number of anilines is 1. The fourth-order valence-corrected chi connectivity index (χ4v) is 7.62. The number of carbonyl (C=O) groups is 4. The van der Waals surface area contributed by atoms with Gasteiger partial charge in [-0.1, -0.05) is 25.6 Å². The Morgan fingerprint density at radius 3 is 2.42 bits per heavy atom. The summed E-state index contributed by atoms with van der Waals surface area (Å²) in [5.41, 5.74) is 4.21. The van der Waals surface area contributed by atoms with Crippen molar-refractivity contribution in [3.8, 4) is 0 Å². The summed E-state index contributed by atoms with van der Waals surface area (Å²) in [7, 11) is -16.4. The molecule has 0 radical (unpaired) electrons. The van der Waals surface area contributed by atoms with Gasteiger partial charge in [-0.15, -0.1) is 0 Å². The van der Waals surface area contributed by atoms with Gasteiger partial charge in [-0.2, -0.15) is 4.31 Å². The van der Waals surface area contributed by atoms with Gasteiger partial charge in [0, 0.05) is 30.7 Å². The number of nitrogen functional groups attached to an aromatic ring is 1. The van der Waals surface area contributed by atoms with Crippen LogP contribution in [0, 0.1) is 5.41 Å². The number of ether oxygens (including phenoxy) is 1. The number of nitrogens with two attached hydrogens (primary N) is 1. The van der Waals surface area contributed by atoms with Gasteiger partial charge < -0.3 is 50.9 Å². The smallest absolute Gasteiger partial charge is 0.386 e. The third-order valence-electron chi connectivity index (χ3n) is 6.84. The van der Waals surface area contributed by atoms with Crippen LogP contribution in [0.1, 0.15) is 26.5 Å². The number of phosphoric ester groups is 3. The number of fused-ring (bicyclic) bond motifs is 1. The Balaban J connectivity index is 1.54. The first kappa shape index (κ1) is 43.6. The number of nitrogens with one attached hydrogen (secondary N) is 2. The van der Waals surface area contributed by atoms with Crippen LogP contribution >= 0.6 is 35.2 Å². The van der Waals surface area contributed by atoms with Crippen molar-refractivity contribution < 1.29 is 85.3 Å². The van der Waals surface area contributed by atoms with Crippen LogP contribution in [0.25, 0.3) is 11.2 Å². The molecule has 29 heteroatoms. The molecule has 2 amide bonds. The molecule has 10 N–H and O–H groups in total. The van der Waals surface area contributed by atoms with Crippen molar-refractivity contribution in [1.29, 1.82) is 0 Å². The van der Waals surface area contributed by atoms with Crippen LogP contribution < -0.4 is 16.4 Å². The number of hydrogen-bond acceptors (Lipinski definition) is 19. The van der Waals surface area contributed by atoms with Gasteiger partial charge in [-0.05, 0) is 0 Å². The number of aromatic nitrogens is 4. The number of phosphoric acid groups is 3. The molecule has 25 nitrogen and oxygen atoms in total. The largest absolute Gasteiger partial charge is 0.481 e. The van der Waals surface area contributed by atoms with Crippen molar-refractivity contribution in [3.63, 3.8) is 0 Å². The summed E-state index contributed by atoms with van der Waals surface area (Å²) >= 11 is 0.702. The van der Waals surface area contributed by atoms with Gasteiger partial charge in [-0.25, -0.2) is 28.6 Å². The van der Waals surface area contributed by atoms with Gasteiger partial charge in [0.1, 0.15) is 36.3 Å². The van der Waals surface area contributed by atoms with Crippen LogP contribution in [0.2, 0.25) is 0 Å². The van der Waals surface area contributed by atoms with Gasteiger partial charge >= 0.3 is 23.5 Å². The first-order chi connectivity index (χ1) is 24.1. The Bertz CT molecular complexity index is 1760. The monoisotopic (exact) mass is 823 g/mol. The minimum atomic E-state index is -5.57. The number of aliphatic hydroxyl groups excluding tert-OH is 2. The first-order valence-corrected chi connectivity index (χ1v) is 20.1. The van der Waals surface area contributed by atoms with E-state index in [0.29, 0.717) is 11.8 Å². The van der Waals surface area contributed by atoms with E-state index in [0.717, 1.165) is 17.2 Å². The highest BCUT2D eigenvalue weighted by atomic mass is 32.2. The van der Waals surface area contributed by atoms with E-state index in [1.54, 1.807) is 0 Å². The zero-order valence-electron chi connectivity index (χ0n) is 27.1. The lowest BCUT2D eigenvalue weighted by molar-refractivity contribution is -0.137. The molecule has 2 aromatic heterocycles. The first-order valence-electron chi connectivity index (χ1n) is 14.6. The molecule has 0 aliphatic carbocycles. The third-order valence-corrected chi connectivity index (χ3v) is 10.7. The molecule has 0 bridgehead atoms. The molecule has 1 aliphatic heterocycles. The zero-order chi connectivity index (χ0) is 39.1. The molecule has 2 unspecified atom stereocenters. The molecule has 7 atom stereocenters. The molecule has 1 saturated heterocycles. The fourth-order valence-electron chi connectivity index (χ4n) is 4.32. The Morgan fingerprint density at radius 2 is 1.77 bits per heavy atom. The number of aliphatic hydroxyl groups is 2. The molecule has 292 valence electrons. The van der Waals surface area contributed by atoms with E-state index >= 15 is 0 Å². The van der Waals surface area contributed by atoms with Crippen LogP contribution in [-0.4, -0.2) is 129 Å². The number of thioether (sulfide) groups is 1. The van der Waals surface area contributed by atoms with Crippen molar-refractivity contribution in [2.75, 3.05) is 37.8 Å². The summed E-state index contributed by atoms with van der Waals surface area (Å²) in [5.74, 6) is -1.43. The van der Waals surface area contributed by atoms with Gasteiger partial charge in [0.05, 0.1) is 19.5 Å². The highest BCUT2D eigenvalue weighted by Gasteiger charge is 2.50. The molecule has 0 spiro atoms. The molecule has 3 heterocycles. The van der Waals surface area contributed by atoms with Gasteiger partial charge in [0.15, 0.2) is 24.0 Å². The maximum absolute atomic E-state index is 12.6. The van der Waals surface area contributed by atoms with Crippen LogP contribution in [0.15, 0.2) is 12.7 Å². The van der Waals surface area contributed by atoms with E-state index in [9.17, 15) is 62.7 Å². The lowest BCUT2D eigenvalue weighted by atomic mass is 9.87. The Morgan fingerprint density at radius 1 is 1.10 bits per heavy atom. The Labute approximate surface area is 297 Å². The van der Waals surface area contributed by atoms with Crippen molar-refractivity contribution in [1.82, 2.24) is 30.2 Å². The lowest BCUT2D eigenvalue weighted by Crippen LogP contribution is -2.46. The Kier molecular flexibility index (Phi) is 15.1. The standard InChI is InChI=1S/C23H36N7O18P3S/c1-23(2,18(35)21(36)26-4-3-13(32)25-5-6-52-14(33)7-31)9-45-51(42,43)48-50(40,41)44-8-12-17(47-49(37,38)39)16(34)22(46-12)30-11-29-15-19(24)27-10-28-20(15)30/h7,10-12,16-18,22,34-35H,3-6,8-9H2,1-2H3,(H,25,32)(H,26,36)(H,40,41)(H,42,43)(H2,24,27,28)(H2,37,38,39)/t12-,16-,17-,18+,22-/m1/s1. The molecule has 1 fully saturated rings. The number of amides is 2. The molecule has 1 aliphatic rings. The van der Waals surface area contributed by atoms with Crippen LogP contribution in [0.4, 0.5) is 5.82 Å². The summed E-state index contributed by atoms with van der Waals surface area (Å²) in [5, 5.41) is 25.3. The second kappa shape index (κ2) is 18.0. The molecule has 2 aromatic rings. The summed E-state index contributed by atoms with van der Waals surface area (Å²) in [6.45, 7) is 0.229. The van der Waals surface area contributed by atoms with E-state index in [-0.39, 0.29) is 48.5 Å². The maximum atomic E-state index is 12.6. The van der Waals surface area contributed by atoms with E-state index in [1.165, 1.54) is 13.8 Å². The van der Waals surface area contributed by atoms with Gasteiger partial charge in [0.25, 0.3) is 5.12 Å². The third kappa shape index (κ3) is 12.7. The summed E-state index contributed by atoms with van der Waals surface area (Å²) < 4.78 is 61.8. The van der Waals surface area contributed by atoms with Gasteiger partial charge in [-0.3, -0.25) is 37.3 Å². The number of carbonyl (C=O) groups excluding carboxylic acids is 4. The predicted molar refractivity (Wildman–Crippen MR) is 173 cm³/mol. The molecule has 52 heavy (non-hydrogen) atoms. The Hall–Kier alpha value is -2.77. The predicted octanol–water partition coefficient (Wildman–Crippen LogP) is -2.14. The van der Waals surface area contributed by atoms with Crippen molar-refractivity contribution in [2.24, 2.45) is 5.41 Å². The van der Waals surface area contributed by atoms with E-state index in [2.05, 4.69) is 34.4 Å². The lowest BCUT2D eigenvalue weighted by Gasteiger charge is -2.30. The minimum absolute atomic E-state index is 0.0231. The highest BCUT2D eigenvalue weighted by molar-refractivity contribution is 8.15. The van der Waals surface area contributed by atoms with Crippen molar-refractivity contribution >= 4 is 75.4 Å². The second-order valence-electron chi connectivity index (χ2n) is 11.4. The van der Waals surface area contributed by atoms with E-state index in [4.69, 9.17) is 19.5 Å². The SMILES string of the molecule is CC(C)(COP(=O)(O)OP(=O)(O)OC[C@H]1O[C@@H](n2cnc3c(N)ncnc32)[C@H](O)[C@@H]1OP(=O)(O)O)[C@@H](O)C(=O)NCCC(=O)NCCSC(=O)C=O. The summed E-state index contributed by atoms with van der Waals surface area (Å²) in [4.78, 5) is 96.2. The van der Waals surface area contributed by atoms with E-state index in [1.807, 2.05) is 0 Å². The highest BCUT2D eigenvalue weighted by Crippen LogP contribution is 2.61. The number of imidazole rings is 1. The molecule has 0 aromatic carbocycles. The number of aldehydes is 1. The average Bonchev–Trinajstić information content (AvgIpc) is 3.60. The maximum Gasteiger partial charge on any atom is 0.481 e. The second-order valence-corrected chi connectivity index (χ2v) is 16.7. The number of hydrogen-bond donors (Lipinski definition) is 9. The van der Waals surface area contributed by atoms with Gasteiger partial charge in [0.2, 0.25) is 11.8 Å². The number of nitrogens with zero attached hydrogens (tertiary/aromatic N) is 4. The fraction of sp³-hybridized carbons (Fsp3) is 0.609. The normalized spacial score (nSPS) is 22.3. The topological polar surface area (TPSA) is 381 Å². The molecular formula is C23H36N7O18P3S. The molecule has 0 saturated carbocycles.